The van der Waals surface area contributed by atoms with Crippen LogP contribution in [0.3, 0.4) is 0 Å². The Morgan fingerprint density at radius 3 is 2.57 bits per heavy atom. The molecule has 2 aromatic rings. The molecule has 2 aromatic carbocycles. The Kier molecular flexibility index (Phi) is 7.59. The summed E-state index contributed by atoms with van der Waals surface area (Å²) in [4.78, 5) is 11.7. The quantitative estimate of drug-likeness (QED) is 0.699. The molecule has 0 fully saturated rings. The summed E-state index contributed by atoms with van der Waals surface area (Å²) in [6.45, 7) is 0.586. The van der Waals surface area contributed by atoms with Crippen molar-refractivity contribution in [2.24, 2.45) is 0 Å². The van der Waals surface area contributed by atoms with Crippen LogP contribution in [0.15, 0.2) is 48.5 Å². The van der Waals surface area contributed by atoms with Crippen LogP contribution >= 0.6 is 35.0 Å². The second-order valence-electron chi connectivity index (χ2n) is 4.78. The fraction of sp³-hybridized carbons (Fsp3) is 0.235. The third kappa shape index (κ3) is 7.16. The van der Waals surface area contributed by atoms with Crippen molar-refractivity contribution >= 4 is 40.9 Å². The highest BCUT2D eigenvalue weighted by molar-refractivity contribution is 7.98. The molecular weight excluding hydrogens is 353 g/mol. The molecule has 0 aliphatic rings. The lowest BCUT2D eigenvalue weighted by Gasteiger charge is -2.08. The highest BCUT2D eigenvalue weighted by atomic mass is 35.5. The molecule has 2 rings (SSSR count). The fourth-order valence-corrected chi connectivity index (χ4v) is 3.04. The molecule has 0 aromatic heterocycles. The monoisotopic (exact) mass is 369 g/mol. The number of rotatable bonds is 8. The Hall–Kier alpha value is -1.36. The molecule has 3 nitrogen and oxygen atoms in total. The second kappa shape index (κ2) is 9.71. The smallest absolute Gasteiger partial charge is 0.257 e. The van der Waals surface area contributed by atoms with Gasteiger partial charge in [-0.25, -0.2) is 0 Å². The zero-order valence-electron chi connectivity index (χ0n) is 12.4. The van der Waals surface area contributed by atoms with Crippen LogP contribution in [0.2, 0.25) is 10.0 Å². The summed E-state index contributed by atoms with van der Waals surface area (Å²) < 4.78 is 5.37. The van der Waals surface area contributed by atoms with Crippen LogP contribution in [-0.4, -0.2) is 24.8 Å². The van der Waals surface area contributed by atoms with Crippen LogP contribution in [0.1, 0.15) is 5.56 Å². The molecule has 0 bridgehead atoms. The van der Waals surface area contributed by atoms with Gasteiger partial charge < -0.3 is 10.1 Å². The van der Waals surface area contributed by atoms with Gasteiger partial charge in [0, 0.05) is 28.1 Å². The molecule has 0 aliphatic carbocycles. The first-order valence-corrected chi connectivity index (χ1v) is 9.02. The summed E-state index contributed by atoms with van der Waals surface area (Å²) in [5.41, 5.74) is 1.18. The second-order valence-corrected chi connectivity index (χ2v) is 6.76. The van der Waals surface area contributed by atoms with E-state index in [-0.39, 0.29) is 12.5 Å². The highest BCUT2D eigenvalue weighted by Gasteiger charge is 2.03. The molecular formula is C17H17Cl2NO2S. The topological polar surface area (TPSA) is 38.3 Å². The van der Waals surface area contributed by atoms with Crippen molar-refractivity contribution in [2.45, 2.75) is 5.75 Å². The largest absolute Gasteiger partial charge is 0.484 e. The van der Waals surface area contributed by atoms with Crippen molar-refractivity contribution in [1.82, 2.24) is 5.32 Å². The molecule has 0 radical (unpaired) electrons. The van der Waals surface area contributed by atoms with Crippen molar-refractivity contribution in [3.63, 3.8) is 0 Å². The normalized spacial score (nSPS) is 10.3. The minimum atomic E-state index is -0.145. The van der Waals surface area contributed by atoms with Gasteiger partial charge in [0.1, 0.15) is 5.75 Å². The summed E-state index contributed by atoms with van der Waals surface area (Å²) in [7, 11) is 0. The summed E-state index contributed by atoms with van der Waals surface area (Å²) in [5, 5.41) is 4.15. The zero-order valence-corrected chi connectivity index (χ0v) is 14.8. The standard InChI is InChI=1S/C17H17Cl2NO2S/c18-14-4-1-3-13(9-14)12-23-8-7-20-17(21)11-22-16-6-2-5-15(19)10-16/h1-6,9-10H,7-8,11-12H2,(H,20,21). The zero-order chi connectivity index (χ0) is 16.5. The molecule has 0 heterocycles. The maximum Gasteiger partial charge on any atom is 0.257 e. The molecule has 23 heavy (non-hydrogen) atoms. The molecule has 0 saturated carbocycles. The van der Waals surface area contributed by atoms with Gasteiger partial charge in [0.2, 0.25) is 0 Å². The van der Waals surface area contributed by atoms with E-state index < -0.39 is 0 Å². The van der Waals surface area contributed by atoms with Crippen molar-refractivity contribution in [3.8, 4) is 5.75 Å². The van der Waals surface area contributed by atoms with E-state index in [1.807, 2.05) is 24.3 Å². The van der Waals surface area contributed by atoms with Gasteiger partial charge in [-0.1, -0.05) is 41.4 Å². The van der Waals surface area contributed by atoms with E-state index in [1.54, 1.807) is 36.0 Å². The average Bonchev–Trinajstić information content (AvgIpc) is 2.53. The number of ether oxygens (including phenoxy) is 1. The third-order valence-electron chi connectivity index (χ3n) is 2.89. The molecule has 0 atom stereocenters. The van der Waals surface area contributed by atoms with E-state index in [9.17, 15) is 4.79 Å². The Bertz CT molecular complexity index is 652. The van der Waals surface area contributed by atoms with Crippen LogP contribution in [-0.2, 0) is 10.5 Å². The third-order valence-corrected chi connectivity index (χ3v) is 4.39. The number of hydrogen-bond donors (Lipinski definition) is 1. The minimum absolute atomic E-state index is 0.0146. The summed E-state index contributed by atoms with van der Waals surface area (Å²) in [6.07, 6.45) is 0. The Balaban J connectivity index is 1.58. The van der Waals surface area contributed by atoms with Crippen LogP contribution in [0, 0.1) is 0 Å². The van der Waals surface area contributed by atoms with E-state index in [0.29, 0.717) is 17.3 Å². The van der Waals surface area contributed by atoms with Crippen LogP contribution in [0.25, 0.3) is 0 Å². The maximum absolute atomic E-state index is 11.7. The van der Waals surface area contributed by atoms with E-state index in [2.05, 4.69) is 5.32 Å². The number of carbonyl (C=O) groups excluding carboxylic acids is 1. The summed E-state index contributed by atoms with van der Waals surface area (Å²) in [6, 6.07) is 14.8. The van der Waals surface area contributed by atoms with Crippen LogP contribution in [0.4, 0.5) is 0 Å². The Morgan fingerprint density at radius 1 is 1.09 bits per heavy atom. The van der Waals surface area contributed by atoms with Crippen molar-refractivity contribution < 1.29 is 9.53 Å². The number of carbonyl (C=O) groups is 1. The summed E-state index contributed by atoms with van der Waals surface area (Å²) >= 11 is 13.5. The Morgan fingerprint density at radius 2 is 1.83 bits per heavy atom. The van der Waals surface area contributed by atoms with Gasteiger partial charge in [0.25, 0.3) is 5.91 Å². The lowest BCUT2D eigenvalue weighted by Crippen LogP contribution is -2.30. The highest BCUT2D eigenvalue weighted by Crippen LogP contribution is 2.17. The average molecular weight is 370 g/mol. The maximum atomic E-state index is 11.7. The van der Waals surface area contributed by atoms with Gasteiger partial charge in [-0.3, -0.25) is 4.79 Å². The molecule has 1 N–H and O–H groups in total. The number of benzene rings is 2. The first-order chi connectivity index (χ1) is 11.1. The fourth-order valence-electron chi connectivity index (χ4n) is 1.84. The summed E-state index contributed by atoms with van der Waals surface area (Å²) in [5.74, 6) is 2.14. The van der Waals surface area contributed by atoms with Crippen molar-refractivity contribution in [2.75, 3.05) is 18.9 Å². The number of hydrogen-bond acceptors (Lipinski definition) is 3. The van der Waals surface area contributed by atoms with Crippen LogP contribution < -0.4 is 10.1 Å². The van der Waals surface area contributed by atoms with E-state index in [1.165, 1.54) is 5.56 Å². The van der Waals surface area contributed by atoms with Gasteiger partial charge >= 0.3 is 0 Å². The Labute approximate surface area is 150 Å². The SMILES string of the molecule is O=C(COc1cccc(Cl)c1)NCCSCc1cccc(Cl)c1. The number of halogens is 2. The molecule has 0 spiro atoms. The molecule has 0 unspecified atom stereocenters. The lowest BCUT2D eigenvalue weighted by atomic mass is 10.2. The lowest BCUT2D eigenvalue weighted by molar-refractivity contribution is -0.122. The first-order valence-electron chi connectivity index (χ1n) is 7.11. The van der Waals surface area contributed by atoms with Crippen molar-refractivity contribution in [3.05, 3.63) is 64.1 Å². The molecule has 0 aliphatic heterocycles. The van der Waals surface area contributed by atoms with E-state index >= 15 is 0 Å². The first kappa shape index (κ1) is 18.0. The van der Waals surface area contributed by atoms with E-state index in [0.717, 1.165) is 16.5 Å². The molecule has 1 amide bonds. The van der Waals surface area contributed by atoms with Crippen molar-refractivity contribution in [1.29, 1.82) is 0 Å². The number of nitrogens with one attached hydrogen (secondary N) is 1. The van der Waals surface area contributed by atoms with Gasteiger partial charge in [-0.15, -0.1) is 0 Å². The minimum Gasteiger partial charge on any atom is -0.484 e. The molecule has 122 valence electrons. The van der Waals surface area contributed by atoms with Crippen LogP contribution in [0.5, 0.6) is 5.75 Å². The van der Waals surface area contributed by atoms with E-state index in [4.69, 9.17) is 27.9 Å². The van der Waals surface area contributed by atoms with Gasteiger partial charge in [-0.05, 0) is 35.9 Å². The van der Waals surface area contributed by atoms with Gasteiger partial charge in [-0.2, -0.15) is 11.8 Å². The number of amides is 1. The molecule has 6 heteroatoms. The van der Waals surface area contributed by atoms with Gasteiger partial charge in [0.05, 0.1) is 0 Å². The number of thioether (sulfide) groups is 1. The predicted molar refractivity (Wildman–Crippen MR) is 97.6 cm³/mol. The molecule has 0 saturated heterocycles. The predicted octanol–water partition coefficient (Wildman–Crippen LogP) is 4.42. The van der Waals surface area contributed by atoms with Gasteiger partial charge in [0.15, 0.2) is 6.61 Å².